The Kier molecular flexibility index (Phi) is 3.51. The first kappa shape index (κ1) is 17.2. The van der Waals surface area contributed by atoms with Crippen molar-refractivity contribution in [1.29, 1.82) is 0 Å². The van der Waals surface area contributed by atoms with Crippen LogP contribution in [0.5, 0.6) is 0 Å². The van der Waals surface area contributed by atoms with E-state index in [2.05, 4.69) is 89.2 Å². The predicted molar refractivity (Wildman–Crippen MR) is 122 cm³/mol. The lowest BCUT2D eigenvalue weighted by Crippen LogP contribution is -2.14. The lowest BCUT2D eigenvalue weighted by molar-refractivity contribution is 0.661. The number of pyridine rings is 2. The third-order valence-corrected chi connectivity index (χ3v) is 6.40. The van der Waals surface area contributed by atoms with Crippen molar-refractivity contribution < 1.29 is 0 Å². The van der Waals surface area contributed by atoms with Crippen LogP contribution in [-0.2, 0) is 5.41 Å². The molecule has 0 N–H and O–H groups in total. The first-order chi connectivity index (χ1) is 14.6. The topological polar surface area (TPSA) is 30.7 Å². The second kappa shape index (κ2) is 6.14. The first-order valence-corrected chi connectivity index (χ1v) is 10.3. The number of hydrogen-bond donors (Lipinski definition) is 0. The highest BCUT2D eigenvalue weighted by Crippen LogP contribution is 2.51. The Morgan fingerprint density at radius 1 is 0.800 bits per heavy atom. The minimum absolute atomic E-state index is 0.0146. The molecule has 144 valence electrons. The smallest absolute Gasteiger partial charge is 0.137 e. The van der Waals surface area contributed by atoms with Crippen molar-refractivity contribution in [3.63, 3.8) is 0 Å². The Bertz CT molecular complexity index is 1410. The molecule has 0 saturated carbocycles. The molecular weight excluding hydrogens is 366 g/mol. The average Bonchev–Trinajstić information content (AvgIpc) is 3.32. The van der Waals surface area contributed by atoms with Crippen LogP contribution < -0.4 is 0 Å². The summed E-state index contributed by atoms with van der Waals surface area (Å²) in [7, 11) is 0. The van der Waals surface area contributed by atoms with Crippen molar-refractivity contribution in [1.82, 2.24) is 14.5 Å². The van der Waals surface area contributed by atoms with Gasteiger partial charge < -0.3 is 4.57 Å². The second-order valence-electron chi connectivity index (χ2n) is 8.42. The molecule has 1 aliphatic carbocycles. The Balaban J connectivity index is 1.56. The molecule has 0 spiro atoms. The summed E-state index contributed by atoms with van der Waals surface area (Å²) >= 11 is 0. The molecule has 5 aromatic rings. The van der Waals surface area contributed by atoms with Crippen molar-refractivity contribution in [2.24, 2.45) is 0 Å². The van der Waals surface area contributed by atoms with Gasteiger partial charge in [-0.3, -0.25) is 4.98 Å². The van der Waals surface area contributed by atoms with Gasteiger partial charge in [0.05, 0.1) is 5.52 Å². The third kappa shape index (κ3) is 2.32. The Morgan fingerprint density at radius 3 is 2.57 bits per heavy atom. The molecule has 0 amide bonds. The zero-order chi connectivity index (χ0) is 20.3. The van der Waals surface area contributed by atoms with Gasteiger partial charge in [-0.2, -0.15) is 0 Å². The molecule has 3 heterocycles. The maximum Gasteiger partial charge on any atom is 0.137 e. The van der Waals surface area contributed by atoms with Gasteiger partial charge in [-0.05, 0) is 58.1 Å². The van der Waals surface area contributed by atoms with Crippen molar-refractivity contribution >= 4 is 10.9 Å². The number of fused-ring (bicyclic) bond motifs is 5. The molecule has 0 unspecified atom stereocenters. The zero-order valence-electron chi connectivity index (χ0n) is 17.0. The fourth-order valence-corrected chi connectivity index (χ4v) is 4.88. The Hall–Kier alpha value is -3.72. The molecule has 0 saturated heterocycles. The van der Waals surface area contributed by atoms with Crippen molar-refractivity contribution in [3.05, 3.63) is 103 Å². The van der Waals surface area contributed by atoms with Gasteiger partial charge in [0.15, 0.2) is 0 Å². The van der Waals surface area contributed by atoms with Crippen LogP contribution in [0.15, 0.2) is 91.5 Å². The van der Waals surface area contributed by atoms with Crippen LogP contribution in [0.2, 0.25) is 0 Å². The summed E-state index contributed by atoms with van der Waals surface area (Å²) in [5.74, 6) is 0.914. The molecule has 30 heavy (non-hydrogen) atoms. The van der Waals surface area contributed by atoms with E-state index in [0.29, 0.717) is 0 Å². The third-order valence-electron chi connectivity index (χ3n) is 6.40. The van der Waals surface area contributed by atoms with Crippen LogP contribution in [-0.4, -0.2) is 14.5 Å². The highest BCUT2D eigenvalue weighted by molar-refractivity contribution is 6.02. The second-order valence-corrected chi connectivity index (χ2v) is 8.42. The standard InChI is InChI=1S/C27H21N3/c1-27(2)22-8-4-3-7-20(22)26-21-12-15-30(24(21)10-9-23(26)27)25-16-18(11-14-29-25)19-6-5-13-28-17-19/h3-17H,1-2H3. The fraction of sp³-hybridized carbons (Fsp3) is 0.111. The van der Waals surface area contributed by atoms with E-state index in [0.717, 1.165) is 16.9 Å². The molecule has 3 aromatic heterocycles. The first-order valence-electron chi connectivity index (χ1n) is 10.3. The van der Waals surface area contributed by atoms with E-state index in [-0.39, 0.29) is 5.41 Å². The van der Waals surface area contributed by atoms with Gasteiger partial charge in [0.1, 0.15) is 5.82 Å². The van der Waals surface area contributed by atoms with Gasteiger partial charge >= 0.3 is 0 Å². The van der Waals surface area contributed by atoms with E-state index in [1.807, 2.05) is 24.5 Å². The van der Waals surface area contributed by atoms with Crippen LogP contribution >= 0.6 is 0 Å². The Morgan fingerprint density at radius 2 is 1.70 bits per heavy atom. The maximum atomic E-state index is 4.67. The number of hydrogen-bond acceptors (Lipinski definition) is 2. The average molecular weight is 387 g/mol. The summed E-state index contributed by atoms with van der Waals surface area (Å²) in [6.07, 6.45) is 7.69. The van der Waals surface area contributed by atoms with Crippen LogP contribution in [0.1, 0.15) is 25.0 Å². The normalized spacial score (nSPS) is 13.9. The number of nitrogens with zero attached hydrogens (tertiary/aromatic N) is 3. The SMILES string of the molecule is CC1(C)c2ccccc2-c2c1ccc1c2ccn1-c1cc(-c2cccnc2)ccn1. The van der Waals surface area contributed by atoms with Crippen LogP contribution in [0, 0.1) is 0 Å². The summed E-state index contributed by atoms with van der Waals surface area (Å²) in [6.45, 7) is 4.64. The van der Waals surface area contributed by atoms with Crippen LogP contribution in [0.4, 0.5) is 0 Å². The maximum absolute atomic E-state index is 4.67. The summed E-state index contributed by atoms with van der Waals surface area (Å²) in [5.41, 5.74) is 8.89. The molecule has 0 atom stereocenters. The molecule has 6 rings (SSSR count). The highest BCUT2D eigenvalue weighted by Gasteiger charge is 2.36. The molecule has 2 aromatic carbocycles. The quantitative estimate of drug-likeness (QED) is 0.351. The van der Waals surface area contributed by atoms with Gasteiger partial charge in [-0.25, -0.2) is 4.98 Å². The summed E-state index contributed by atoms with van der Waals surface area (Å²) in [4.78, 5) is 8.92. The number of rotatable bonds is 2. The minimum atomic E-state index is 0.0146. The highest BCUT2D eigenvalue weighted by atomic mass is 15.0. The lowest BCUT2D eigenvalue weighted by Gasteiger charge is -2.21. The summed E-state index contributed by atoms with van der Waals surface area (Å²) in [6, 6.07) is 23.7. The van der Waals surface area contributed by atoms with Crippen LogP contribution in [0.25, 0.3) is 39.0 Å². The van der Waals surface area contributed by atoms with E-state index in [4.69, 9.17) is 0 Å². The van der Waals surface area contributed by atoms with Crippen molar-refractivity contribution in [3.8, 4) is 28.1 Å². The minimum Gasteiger partial charge on any atom is -0.301 e. The van der Waals surface area contributed by atoms with E-state index < -0.39 is 0 Å². The van der Waals surface area contributed by atoms with Gasteiger partial charge in [0.2, 0.25) is 0 Å². The van der Waals surface area contributed by atoms with Crippen molar-refractivity contribution in [2.45, 2.75) is 19.3 Å². The molecule has 1 aliphatic rings. The monoisotopic (exact) mass is 387 g/mol. The van der Waals surface area contributed by atoms with E-state index in [1.54, 1.807) is 6.20 Å². The molecule has 3 nitrogen and oxygen atoms in total. The van der Waals surface area contributed by atoms with E-state index in [9.17, 15) is 0 Å². The Labute approximate surface area is 175 Å². The number of aromatic nitrogens is 3. The zero-order valence-corrected chi connectivity index (χ0v) is 17.0. The molecule has 0 bridgehead atoms. The lowest BCUT2D eigenvalue weighted by atomic mass is 9.82. The largest absolute Gasteiger partial charge is 0.301 e. The van der Waals surface area contributed by atoms with Gasteiger partial charge in [-0.15, -0.1) is 0 Å². The predicted octanol–water partition coefficient (Wildman–Crippen LogP) is 6.39. The number of benzene rings is 2. The van der Waals surface area contributed by atoms with Gasteiger partial charge in [0.25, 0.3) is 0 Å². The van der Waals surface area contributed by atoms with Gasteiger partial charge in [0, 0.05) is 41.2 Å². The molecule has 0 radical (unpaired) electrons. The molecule has 0 fully saturated rings. The molecule has 0 aliphatic heterocycles. The van der Waals surface area contributed by atoms with Crippen molar-refractivity contribution in [2.75, 3.05) is 0 Å². The van der Waals surface area contributed by atoms with Gasteiger partial charge in [-0.1, -0.05) is 50.2 Å². The van der Waals surface area contributed by atoms with E-state index in [1.165, 1.54) is 33.2 Å². The molecule has 3 heteroatoms. The summed E-state index contributed by atoms with van der Waals surface area (Å²) in [5, 5.41) is 1.28. The fourth-order valence-electron chi connectivity index (χ4n) is 4.88. The van der Waals surface area contributed by atoms with Crippen LogP contribution in [0.3, 0.4) is 0 Å². The van der Waals surface area contributed by atoms with E-state index >= 15 is 0 Å². The molecular formula is C27H21N3. The summed E-state index contributed by atoms with van der Waals surface area (Å²) < 4.78 is 2.18.